The second kappa shape index (κ2) is 6.95. The molecule has 0 unspecified atom stereocenters. The summed E-state index contributed by atoms with van der Waals surface area (Å²) in [7, 11) is 0. The van der Waals surface area contributed by atoms with Crippen LogP contribution in [-0.4, -0.2) is 45.9 Å². The molecule has 0 amide bonds. The number of aryl methyl sites for hydroxylation is 2. The molecule has 0 bridgehead atoms. The molecule has 25 heavy (non-hydrogen) atoms. The number of nitrogen functional groups attached to an aromatic ring is 1. The van der Waals surface area contributed by atoms with Crippen molar-refractivity contribution in [3.8, 4) is 0 Å². The van der Waals surface area contributed by atoms with E-state index in [1.807, 2.05) is 6.92 Å². The molecule has 8 nitrogen and oxygen atoms in total. The summed E-state index contributed by atoms with van der Waals surface area (Å²) in [6.45, 7) is 4.21. The molecular formula is C17H24N6O2. The Bertz CT molecular complexity index is 747. The number of hydrogen-bond donors (Lipinski definition) is 1. The van der Waals surface area contributed by atoms with Gasteiger partial charge in [0.1, 0.15) is 5.82 Å². The van der Waals surface area contributed by atoms with Gasteiger partial charge in [0.25, 0.3) is 0 Å². The largest absolute Gasteiger partial charge is 0.374 e. The van der Waals surface area contributed by atoms with Crippen LogP contribution in [0.25, 0.3) is 0 Å². The summed E-state index contributed by atoms with van der Waals surface area (Å²) in [5.74, 6) is 2.72. The van der Waals surface area contributed by atoms with Crippen molar-refractivity contribution in [1.82, 2.24) is 20.1 Å². The summed E-state index contributed by atoms with van der Waals surface area (Å²) in [6, 6.07) is 0. The molecule has 2 aromatic heterocycles. The van der Waals surface area contributed by atoms with Crippen LogP contribution in [0, 0.1) is 0 Å². The minimum absolute atomic E-state index is 0.0199. The van der Waals surface area contributed by atoms with E-state index in [-0.39, 0.29) is 6.10 Å². The summed E-state index contributed by atoms with van der Waals surface area (Å²) in [4.78, 5) is 15.7. The fraction of sp³-hybridized carbons (Fsp3) is 0.647. The Balaban J connectivity index is 1.52. The van der Waals surface area contributed by atoms with Gasteiger partial charge in [-0.2, -0.15) is 9.97 Å². The zero-order valence-electron chi connectivity index (χ0n) is 14.6. The van der Waals surface area contributed by atoms with E-state index in [1.54, 1.807) is 0 Å². The molecule has 0 saturated carbocycles. The van der Waals surface area contributed by atoms with Crippen LogP contribution in [0.15, 0.2) is 4.52 Å². The average Bonchev–Trinajstić information content (AvgIpc) is 3.09. The van der Waals surface area contributed by atoms with E-state index in [9.17, 15) is 0 Å². The minimum Gasteiger partial charge on any atom is -0.374 e. The van der Waals surface area contributed by atoms with Gasteiger partial charge in [-0.1, -0.05) is 12.1 Å². The molecule has 1 atom stereocenters. The molecule has 2 aliphatic rings. The summed E-state index contributed by atoms with van der Waals surface area (Å²) in [5.41, 5.74) is 8.32. The highest BCUT2D eigenvalue weighted by atomic mass is 16.5. The maximum atomic E-state index is 5.95. The van der Waals surface area contributed by atoms with Crippen molar-refractivity contribution >= 4 is 11.8 Å². The molecule has 1 saturated heterocycles. The first-order valence-electron chi connectivity index (χ1n) is 9.06. The maximum absolute atomic E-state index is 5.95. The zero-order valence-corrected chi connectivity index (χ0v) is 14.6. The second-order valence-corrected chi connectivity index (χ2v) is 6.64. The highest BCUT2D eigenvalue weighted by molar-refractivity contribution is 5.53. The Hall–Kier alpha value is -2.22. The number of fused-ring (bicyclic) bond motifs is 1. The Morgan fingerprint density at radius 1 is 1.20 bits per heavy atom. The quantitative estimate of drug-likeness (QED) is 0.886. The number of anilines is 2. The molecule has 0 spiro atoms. The third kappa shape index (κ3) is 3.44. The molecular weight excluding hydrogens is 320 g/mol. The topological polar surface area (TPSA) is 103 Å². The number of nitrogens with zero attached hydrogens (tertiary/aromatic N) is 5. The maximum Gasteiger partial charge on any atom is 0.226 e. The molecule has 8 heteroatoms. The van der Waals surface area contributed by atoms with E-state index >= 15 is 0 Å². The highest BCUT2D eigenvalue weighted by Crippen LogP contribution is 2.29. The Labute approximate surface area is 146 Å². The molecule has 1 aliphatic carbocycles. The Morgan fingerprint density at radius 3 is 2.92 bits per heavy atom. The van der Waals surface area contributed by atoms with Gasteiger partial charge in [0.2, 0.25) is 11.8 Å². The smallest absolute Gasteiger partial charge is 0.226 e. The van der Waals surface area contributed by atoms with Crippen molar-refractivity contribution in [3.63, 3.8) is 0 Å². The molecule has 3 heterocycles. The molecule has 0 radical (unpaired) electrons. The van der Waals surface area contributed by atoms with Gasteiger partial charge in [-0.25, -0.2) is 4.98 Å². The first-order valence-corrected chi connectivity index (χ1v) is 9.06. The minimum atomic E-state index is 0.0199. The predicted molar refractivity (Wildman–Crippen MR) is 92.4 cm³/mol. The summed E-state index contributed by atoms with van der Waals surface area (Å²) < 4.78 is 11.1. The average molecular weight is 344 g/mol. The van der Waals surface area contributed by atoms with Crippen LogP contribution in [0.3, 0.4) is 0 Å². The first kappa shape index (κ1) is 16.3. The van der Waals surface area contributed by atoms with E-state index in [2.05, 4.69) is 25.0 Å². The van der Waals surface area contributed by atoms with Gasteiger partial charge in [0.15, 0.2) is 5.82 Å². The van der Waals surface area contributed by atoms with Crippen LogP contribution in [0.2, 0.25) is 0 Å². The lowest BCUT2D eigenvalue weighted by Crippen LogP contribution is -2.44. The summed E-state index contributed by atoms with van der Waals surface area (Å²) in [5, 5.41) is 4.03. The van der Waals surface area contributed by atoms with Crippen molar-refractivity contribution in [2.75, 3.05) is 30.3 Å². The van der Waals surface area contributed by atoms with E-state index in [4.69, 9.17) is 15.0 Å². The SMILES string of the molecule is CCc1nc(C[C@H]2CN(c3nc(N)nc4c3CCCC4)CCO2)no1. The van der Waals surface area contributed by atoms with E-state index < -0.39 is 0 Å². The number of hydrogen-bond acceptors (Lipinski definition) is 8. The van der Waals surface area contributed by atoms with Gasteiger partial charge in [0.05, 0.1) is 18.4 Å². The van der Waals surface area contributed by atoms with Gasteiger partial charge in [-0.05, 0) is 25.7 Å². The van der Waals surface area contributed by atoms with Crippen LogP contribution >= 0.6 is 0 Å². The monoisotopic (exact) mass is 344 g/mol. The van der Waals surface area contributed by atoms with Crippen molar-refractivity contribution < 1.29 is 9.26 Å². The van der Waals surface area contributed by atoms with Gasteiger partial charge >= 0.3 is 0 Å². The van der Waals surface area contributed by atoms with Crippen molar-refractivity contribution in [2.45, 2.75) is 51.6 Å². The van der Waals surface area contributed by atoms with E-state index in [1.165, 1.54) is 18.4 Å². The highest BCUT2D eigenvalue weighted by Gasteiger charge is 2.27. The lowest BCUT2D eigenvalue weighted by molar-refractivity contribution is 0.0391. The Kier molecular flexibility index (Phi) is 4.52. The predicted octanol–water partition coefficient (Wildman–Crippen LogP) is 1.33. The molecule has 2 aromatic rings. The van der Waals surface area contributed by atoms with Gasteiger partial charge in [-0.3, -0.25) is 0 Å². The number of rotatable bonds is 4. The number of nitrogens with two attached hydrogens (primary N) is 1. The van der Waals surface area contributed by atoms with Gasteiger partial charge in [0, 0.05) is 31.5 Å². The number of morpholine rings is 1. The summed E-state index contributed by atoms with van der Waals surface area (Å²) >= 11 is 0. The third-order valence-electron chi connectivity index (χ3n) is 4.84. The van der Waals surface area contributed by atoms with Crippen LogP contribution < -0.4 is 10.6 Å². The van der Waals surface area contributed by atoms with Crippen molar-refractivity contribution in [2.24, 2.45) is 0 Å². The lowest BCUT2D eigenvalue weighted by atomic mass is 9.96. The van der Waals surface area contributed by atoms with E-state index in [0.717, 1.165) is 43.9 Å². The molecule has 1 aliphatic heterocycles. The van der Waals surface area contributed by atoms with Crippen LogP contribution in [0.1, 0.15) is 42.7 Å². The fourth-order valence-corrected chi connectivity index (χ4v) is 3.61. The van der Waals surface area contributed by atoms with Crippen LogP contribution in [-0.2, 0) is 30.4 Å². The fourth-order valence-electron chi connectivity index (χ4n) is 3.61. The zero-order chi connectivity index (χ0) is 17.2. The molecule has 1 fully saturated rings. The molecule has 0 aromatic carbocycles. The molecule has 134 valence electrons. The Morgan fingerprint density at radius 2 is 2.08 bits per heavy atom. The summed E-state index contributed by atoms with van der Waals surface area (Å²) in [6.07, 6.45) is 5.78. The second-order valence-electron chi connectivity index (χ2n) is 6.64. The number of aromatic nitrogens is 4. The van der Waals surface area contributed by atoms with Gasteiger partial charge in [-0.15, -0.1) is 0 Å². The standard InChI is InChI=1S/C17H24N6O2/c1-2-15-20-14(22-25-15)9-11-10-23(7-8-24-11)16-12-5-3-4-6-13(12)19-17(18)21-16/h11H,2-10H2,1H3,(H2,18,19,21)/t11-/m0/s1. The first-order chi connectivity index (χ1) is 12.2. The van der Waals surface area contributed by atoms with Gasteiger partial charge < -0.3 is 19.9 Å². The lowest BCUT2D eigenvalue weighted by Gasteiger charge is -2.35. The van der Waals surface area contributed by atoms with Crippen molar-refractivity contribution in [1.29, 1.82) is 0 Å². The van der Waals surface area contributed by atoms with Crippen LogP contribution in [0.5, 0.6) is 0 Å². The third-order valence-corrected chi connectivity index (χ3v) is 4.84. The molecule has 4 rings (SSSR count). The number of ether oxygens (including phenoxy) is 1. The van der Waals surface area contributed by atoms with Crippen molar-refractivity contribution in [3.05, 3.63) is 23.0 Å². The molecule has 2 N–H and O–H groups in total. The van der Waals surface area contributed by atoms with E-state index in [0.29, 0.717) is 30.7 Å². The van der Waals surface area contributed by atoms with Crippen LogP contribution in [0.4, 0.5) is 11.8 Å². The normalized spacial score (nSPS) is 20.5.